The average molecular weight is 248 g/mol. The highest BCUT2D eigenvalue weighted by atomic mass is 79.9. The van der Waals surface area contributed by atoms with Crippen molar-refractivity contribution in [3.05, 3.63) is 33.5 Å². The molecule has 0 bridgehead atoms. The molecule has 0 spiro atoms. The van der Waals surface area contributed by atoms with Crippen molar-refractivity contribution in [2.24, 2.45) is 0 Å². The molecule has 0 unspecified atom stereocenters. The Balaban J connectivity index is 3.05. The summed E-state index contributed by atoms with van der Waals surface area (Å²) < 4.78 is 14.2. The topological polar surface area (TPSA) is 23.5 Å². The summed E-state index contributed by atoms with van der Waals surface area (Å²) in [5.74, 6) is -0.260. The van der Waals surface area contributed by atoms with E-state index >= 15 is 0 Å². The second-order valence-corrected chi connectivity index (χ2v) is 3.93. The van der Waals surface area contributed by atoms with Crippen molar-refractivity contribution in [2.45, 2.75) is 13.5 Å². The fourth-order valence-corrected chi connectivity index (χ4v) is 1.78. The third-order valence-corrected chi connectivity index (χ3v) is 2.15. The summed E-state index contributed by atoms with van der Waals surface area (Å²) in [5, 5.41) is 9.91. The minimum Gasteiger partial charge on any atom is -0.314 e. The van der Waals surface area contributed by atoms with Gasteiger partial charge in [-0.3, -0.25) is 0 Å². The molecule has 1 N–H and O–H groups in total. The van der Waals surface area contributed by atoms with Crippen LogP contribution in [0.25, 0.3) is 0 Å². The van der Waals surface area contributed by atoms with Crippen LogP contribution in [0.5, 0.6) is 0 Å². The maximum absolute atomic E-state index is 13.4. The molecule has 0 aliphatic rings. The molecule has 0 aromatic heterocycles. The van der Waals surface area contributed by atoms with Crippen LogP contribution in [0.15, 0.2) is 16.6 Å². The van der Waals surface area contributed by atoms with E-state index in [9.17, 15) is 4.39 Å². The average Bonchev–Trinajstić information content (AvgIpc) is 1.98. The number of hydrogen-bond donors (Lipinski definition) is 1. The number of hydrogen-bond acceptors (Lipinski definition) is 2. The van der Waals surface area contributed by atoms with Gasteiger partial charge in [0.25, 0.3) is 0 Å². The van der Waals surface area contributed by atoms with E-state index in [0.29, 0.717) is 11.1 Å². The van der Waals surface area contributed by atoms with Crippen LogP contribution < -0.4 is 0 Å². The van der Waals surface area contributed by atoms with Gasteiger partial charge < -0.3 is 5.21 Å². The fourth-order valence-electron chi connectivity index (χ4n) is 1.16. The zero-order chi connectivity index (χ0) is 10.0. The molecule has 0 atom stereocenters. The molecule has 0 saturated heterocycles. The maximum atomic E-state index is 13.4. The van der Waals surface area contributed by atoms with Crippen LogP contribution in [0.3, 0.4) is 0 Å². The van der Waals surface area contributed by atoms with Crippen LogP contribution in [0.4, 0.5) is 4.39 Å². The zero-order valence-electron chi connectivity index (χ0n) is 7.51. The van der Waals surface area contributed by atoms with Gasteiger partial charge in [-0.05, 0) is 24.6 Å². The molecule has 0 amide bonds. The minimum atomic E-state index is -0.260. The summed E-state index contributed by atoms with van der Waals surface area (Å²) in [6, 6.07) is 3.37. The highest BCUT2D eigenvalue weighted by Crippen LogP contribution is 2.20. The number of halogens is 2. The molecule has 4 heteroatoms. The van der Waals surface area contributed by atoms with Crippen LogP contribution in [0.2, 0.25) is 0 Å². The third kappa shape index (κ3) is 2.76. The van der Waals surface area contributed by atoms with Gasteiger partial charge in [-0.25, -0.2) is 4.39 Å². The normalized spacial score (nSPS) is 10.9. The summed E-state index contributed by atoms with van der Waals surface area (Å²) in [7, 11) is 1.48. The summed E-state index contributed by atoms with van der Waals surface area (Å²) >= 11 is 3.27. The molecule has 0 aliphatic heterocycles. The Morgan fingerprint density at radius 1 is 1.54 bits per heavy atom. The lowest BCUT2D eigenvalue weighted by molar-refractivity contribution is -0.0738. The monoisotopic (exact) mass is 247 g/mol. The van der Waals surface area contributed by atoms with Crippen LogP contribution in [0, 0.1) is 12.7 Å². The summed E-state index contributed by atoms with van der Waals surface area (Å²) in [4.78, 5) is 0. The van der Waals surface area contributed by atoms with E-state index in [1.165, 1.54) is 7.05 Å². The Labute approximate surface area is 85.1 Å². The molecule has 13 heavy (non-hydrogen) atoms. The van der Waals surface area contributed by atoms with Crippen LogP contribution in [0.1, 0.15) is 11.1 Å². The summed E-state index contributed by atoms with van der Waals surface area (Å²) in [5.41, 5.74) is 1.06. The Morgan fingerprint density at radius 3 is 2.69 bits per heavy atom. The Bertz CT molecular complexity index is 315. The SMILES string of the molecule is Cc1cc(Br)cc(CN(C)O)c1F. The van der Waals surface area contributed by atoms with E-state index in [1.54, 1.807) is 19.1 Å². The zero-order valence-corrected chi connectivity index (χ0v) is 9.10. The molecule has 0 radical (unpaired) electrons. The maximum Gasteiger partial charge on any atom is 0.130 e. The first kappa shape index (κ1) is 10.6. The van der Waals surface area contributed by atoms with Gasteiger partial charge in [0, 0.05) is 17.1 Å². The van der Waals surface area contributed by atoms with Gasteiger partial charge in [-0.1, -0.05) is 15.9 Å². The quantitative estimate of drug-likeness (QED) is 0.813. The molecule has 0 fully saturated rings. The lowest BCUT2D eigenvalue weighted by atomic mass is 10.1. The third-order valence-electron chi connectivity index (χ3n) is 1.69. The van der Waals surface area contributed by atoms with Gasteiger partial charge in [-0.2, -0.15) is 5.06 Å². The van der Waals surface area contributed by atoms with Crippen LogP contribution in [-0.4, -0.2) is 17.3 Å². The van der Waals surface area contributed by atoms with Crippen molar-refractivity contribution >= 4 is 15.9 Å². The molecular weight excluding hydrogens is 237 g/mol. The van der Waals surface area contributed by atoms with Crippen molar-refractivity contribution in [1.82, 2.24) is 5.06 Å². The molecule has 1 rings (SSSR count). The minimum absolute atomic E-state index is 0.187. The molecular formula is C9H11BrFNO. The van der Waals surface area contributed by atoms with E-state index in [1.807, 2.05) is 0 Å². The highest BCUT2D eigenvalue weighted by molar-refractivity contribution is 9.10. The number of rotatable bonds is 2. The standard InChI is InChI=1S/C9H11BrFNO/c1-6-3-8(10)4-7(9(6)11)5-12(2)13/h3-4,13H,5H2,1-2H3. The number of aryl methyl sites for hydroxylation is 1. The van der Waals surface area contributed by atoms with Crippen molar-refractivity contribution in [1.29, 1.82) is 0 Å². The van der Waals surface area contributed by atoms with Gasteiger partial charge >= 0.3 is 0 Å². The first-order valence-corrected chi connectivity index (χ1v) is 4.64. The Hall–Kier alpha value is -0.450. The second-order valence-electron chi connectivity index (χ2n) is 3.01. The number of benzene rings is 1. The smallest absolute Gasteiger partial charge is 0.130 e. The van der Waals surface area contributed by atoms with Crippen molar-refractivity contribution in [3.63, 3.8) is 0 Å². The van der Waals surface area contributed by atoms with Crippen molar-refractivity contribution in [3.8, 4) is 0 Å². The largest absolute Gasteiger partial charge is 0.314 e. The van der Waals surface area contributed by atoms with E-state index in [4.69, 9.17) is 5.21 Å². The Kier molecular flexibility index (Phi) is 3.41. The fraction of sp³-hybridized carbons (Fsp3) is 0.333. The first-order valence-electron chi connectivity index (χ1n) is 3.85. The van der Waals surface area contributed by atoms with E-state index in [0.717, 1.165) is 9.54 Å². The predicted molar refractivity (Wildman–Crippen MR) is 52.1 cm³/mol. The van der Waals surface area contributed by atoms with Crippen LogP contribution >= 0.6 is 15.9 Å². The van der Waals surface area contributed by atoms with Gasteiger partial charge in [-0.15, -0.1) is 0 Å². The number of nitrogens with zero attached hydrogens (tertiary/aromatic N) is 1. The van der Waals surface area contributed by atoms with E-state index < -0.39 is 0 Å². The van der Waals surface area contributed by atoms with Crippen LogP contribution in [-0.2, 0) is 6.54 Å². The van der Waals surface area contributed by atoms with Gasteiger partial charge in [0.1, 0.15) is 5.82 Å². The van der Waals surface area contributed by atoms with E-state index in [-0.39, 0.29) is 12.4 Å². The predicted octanol–water partition coefficient (Wildman–Crippen LogP) is 2.72. The molecule has 0 aliphatic carbocycles. The molecule has 0 heterocycles. The second kappa shape index (κ2) is 4.17. The Morgan fingerprint density at radius 2 is 2.15 bits per heavy atom. The summed E-state index contributed by atoms with van der Waals surface area (Å²) in [6.07, 6.45) is 0. The van der Waals surface area contributed by atoms with Gasteiger partial charge in [0.05, 0.1) is 6.54 Å². The molecule has 1 aromatic carbocycles. The van der Waals surface area contributed by atoms with E-state index in [2.05, 4.69) is 15.9 Å². The highest BCUT2D eigenvalue weighted by Gasteiger charge is 2.08. The first-order chi connectivity index (χ1) is 6.00. The molecule has 72 valence electrons. The lowest BCUT2D eigenvalue weighted by Crippen LogP contribution is -2.13. The molecule has 0 saturated carbocycles. The lowest BCUT2D eigenvalue weighted by Gasteiger charge is -2.10. The van der Waals surface area contributed by atoms with Crippen molar-refractivity contribution < 1.29 is 9.60 Å². The van der Waals surface area contributed by atoms with Gasteiger partial charge in [0.2, 0.25) is 0 Å². The van der Waals surface area contributed by atoms with Gasteiger partial charge in [0.15, 0.2) is 0 Å². The number of hydroxylamine groups is 2. The summed E-state index contributed by atoms with van der Waals surface area (Å²) in [6.45, 7) is 1.88. The van der Waals surface area contributed by atoms with Crippen molar-refractivity contribution in [2.75, 3.05) is 7.05 Å². The molecule has 2 nitrogen and oxygen atoms in total. The molecule has 1 aromatic rings.